The van der Waals surface area contributed by atoms with E-state index < -0.39 is 17.5 Å². The average Bonchev–Trinajstić information content (AvgIpc) is 3.31. The largest absolute Gasteiger partial charge is 0.349 e. The van der Waals surface area contributed by atoms with E-state index >= 15 is 0 Å². The van der Waals surface area contributed by atoms with Gasteiger partial charge in [-0.1, -0.05) is 11.6 Å². The molecule has 0 aliphatic heterocycles. The summed E-state index contributed by atoms with van der Waals surface area (Å²) in [6.07, 6.45) is 3.12. The minimum Gasteiger partial charge on any atom is -0.349 e. The van der Waals surface area contributed by atoms with Crippen LogP contribution in [0.25, 0.3) is 11.4 Å². The molecule has 0 saturated carbocycles. The number of amides is 2. The Kier molecular flexibility index (Phi) is 7.58. The first kappa shape index (κ1) is 25.9. The molecule has 0 unspecified atom stereocenters. The van der Waals surface area contributed by atoms with E-state index in [0.717, 1.165) is 4.80 Å². The van der Waals surface area contributed by atoms with Crippen LogP contribution in [0.5, 0.6) is 0 Å². The van der Waals surface area contributed by atoms with Crippen LogP contribution in [0.4, 0.5) is 10.1 Å². The van der Waals surface area contributed by atoms with Gasteiger partial charge in [-0.15, -0.1) is 10.2 Å². The minimum absolute atomic E-state index is 0.238. The summed E-state index contributed by atoms with van der Waals surface area (Å²) in [6, 6.07) is 14.6. The van der Waals surface area contributed by atoms with Crippen molar-refractivity contribution >= 4 is 29.1 Å². The summed E-state index contributed by atoms with van der Waals surface area (Å²) in [7, 11) is 0. The molecule has 2 aromatic heterocycles. The molecule has 2 amide bonds. The second-order valence-corrected chi connectivity index (χ2v) is 9.75. The van der Waals surface area contributed by atoms with Gasteiger partial charge in [0.15, 0.2) is 0 Å². The van der Waals surface area contributed by atoms with E-state index in [1.165, 1.54) is 29.2 Å². The molecule has 1 atom stereocenters. The third-order valence-corrected chi connectivity index (χ3v) is 5.48. The molecule has 9 nitrogen and oxygen atoms in total. The summed E-state index contributed by atoms with van der Waals surface area (Å²) in [4.78, 5) is 33.9. The van der Waals surface area contributed by atoms with Crippen molar-refractivity contribution < 1.29 is 14.0 Å². The van der Waals surface area contributed by atoms with Gasteiger partial charge in [0.25, 0.3) is 5.91 Å². The average molecular weight is 522 g/mol. The molecule has 2 heterocycles. The molecule has 0 aliphatic rings. The predicted molar refractivity (Wildman–Crippen MR) is 137 cm³/mol. The molecule has 1 N–H and O–H groups in total. The molecule has 190 valence electrons. The van der Waals surface area contributed by atoms with Gasteiger partial charge in [0, 0.05) is 34.2 Å². The van der Waals surface area contributed by atoms with Gasteiger partial charge >= 0.3 is 0 Å². The van der Waals surface area contributed by atoms with Crippen molar-refractivity contribution in [3.05, 3.63) is 89.5 Å². The van der Waals surface area contributed by atoms with E-state index in [9.17, 15) is 14.0 Å². The van der Waals surface area contributed by atoms with E-state index in [2.05, 4.69) is 25.7 Å². The van der Waals surface area contributed by atoms with Crippen LogP contribution in [-0.4, -0.2) is 42.5 Å². The number of nitrogens with one attached hydrogen (secondary N) is 1. The lowest BCUT2D eigenvalue weighted by Gasteiger charge is -2.33. The number of rotatable bonds is 7. The zero-order valence-electron chi connectivity index (χ0n) is 20.5. The molecule has 0 radical (unpaired) electrons. The van der Waals surface area contributed by atoms with Crippen LogP contribution in [0.1, 0.15) is 32.4 Å². The number of hydrogen-bond acceptors (Lipinski definition) is 6. The van der Waals surface area contributed by atoms with E-state index in [0.29, 0.717) is 21.8 Å². The topological polar surface area (TPSA) is 106 Å². The Labute approximate surface area is 218 Å². The smallest absolute Gasteiger partial charge is 0.251 e. The number of tetrazole rings is 1. The lowest BCUT2D eigenvalue weighted by atomic mass is 10.0. The number of anilines is 1. The van der Waals surface area contributed by atoms with Crippen LogP contribution < -0.4 is 10.2 Å². The Hall–Kier alpha value is -4.18. The molecule has 0 aliphatic carbocycles. The maximum absolute atomic E-state index is 13.8. The number of halogens is 2. The quantitative estimate of drug-likeness (QED) is 0.390. The Morgan fingerprint density at radius 3 is 2.30 bits per heavy atom. The molecule has 0 bridgehead atoms. The second kappa shape index (κ2) is 10.8. The summed E-state index contributed by atoms with van der Waals surface area (Å²) in [5.74, 6) is -0.987. The Morgan fingerprint density at radius 1 is 1.03 bits per heavy atom. The zero-order chi connectivity index (χ0) is 26.6. The summed E-state index contributed by atoms with van der Waals surface area (Å²) < 4.78 is 13.3. The molecule has 4 rings (SSSR count). The first-order chi connectivity index (χ1) is 17.6. The molecule has 11 heteroatoms. The van der Waals surface area contributed by atoms with Crippen molar-refractivity contribution in [2.45, 2.75) is 38.9 Å². The highest BCUT2D eigenvalue weighted by Crippen LogP contribution is 2.30. The van der Waals surface area contributed by atoms with E-state index in [1.54, 1.807) is 48.8 Å². The number of nitrogens with zero attached hydrogens (tertiary/aromatic N) is 6. The lowest BCUT2D eigenvalue weighted by Crippen LogP contribution is -2.50. The van der Waals surface area contributed by atoms with E-state index in [-0.39, 0.29) is 24.1 Å². The van der Waals surface area contributed by atoms with Crippen molar-refractivity contribution in [2.24, 2.45) is 0 Å². The van der Waals surface area contributed by atoms with Crippen molar-refractivity contribution in [3.63, 3.8) is 0 Å². The SMILES string of the molecule is CC(C)(C)NC(=O)[C@@H](c1ccncc1)N(C(=O)Cn1nnc(-c2ccc(F)cc2)n1)c1ccc(Cl)cc1. The van der Waals surface area contributed by atoms with E-state index in [4.69, 9.17) is 11.6 Å². The number of carbonyl (C=O) groups excluding carboxylic acids is 2. The van der Waals surface area contributed by atoms with Crippen molar-refractivity contribution in [1.82, 2.24) is 30.5 Å². The molecule has 0 saturated heterocycles. The van der Waals surface area contributed by atoms with Crippen LogP contribution in [0.15, 0.2) is 73.1 Å². The summed E-state index contributed by atoms with van der Waals surface area (Å²) >= 11 is 6.10. The molecule has 2 aromatic carbocycles. The third kappa shape index (κ3) is 6.53. The molecule has 0 spiro atoms. The molecule has 37 heavy (non-hydrogen) atoms. The fourth-order valence-corrected chi connectivity index (χ4v) is 3.79. The summed E-state index contributed by atoms with van der Waals surface area (Å²) in [6.45, 7) is 5.28. The van der Waals surface area contributed by atoms with Crippen LogP contribution in [-0.2, 0) is 16.1 Å². The second-order valence-electron chi connectivity index (χ2n) is 9.31. The third-order valence-electron chi connectivity index (χ3n) is 5.23. The van der Waals surface area contributed by atoms with Crippen molar-refractivity contribution in [2.75, 3.05) is 4.90 Å². The normalized spacial score (nSPS) is 12.1. The fraction of sp³-hybridized carbons (Fsp3) is 0.231. The van der Waals surface area contributed by atoms with Gasteiger partial charge < -0.3 is 5.32 Å². The molecular weight excluding hydrogens is 497 g/mol. The number of pyridine rings is 1. The lowest BCUT2D eigenvalue weighted by molar-refractivity contribution is -0.128. The highest BCUT2D eigenvalue weighted by atomic mass is 35.5. The highest BCUT2D eigenvalue weighted by Gasteiger charge is 2.34. The maximum Gasteiger partial charge on any atom is 0.251 e. The van der Waals surface area contributed by atoms with Crippen molar-refractivity contribution in [3.8, 4) is 11.4 Å². The molecular formula is C26H25ClFN7O2. The highest BCUT2D eigenvalue weighted by molar-refractivity contribution is 6.30. The van der Waals surface area contributed by atoms with Gasteiger partial charge in [-0.25, -0.2) is 4.39 Å². The number of carbonyl (C=O) groups is 2. The monoisotopic (exact) mass is 521 g/mol. The number of hydrogen-bond donors (Lipinski definition) is 1. The van der Waals surface area contributed by atoms with Crippen LogP contribution in [0.2, 0.25) is 5.02 Å². The first-order valence-corrected chi connectivity index (χ1v) is 11.8. The minimum atomic E-state index is -1.02. The number of benzene rings is 2. The fourth-order valence-electron chi connectivity index (χ4n) is 3.66. The van der Waals surface area contributed by atoms with Crippen LogP contribution in [0.3, 0.4) is 0 Å². The summed E-state index contributed by atoms with van der Waals surface area (Å²) in [5, 5.41) is 15.7. The van der Waals surface area contributed by atoms with Crippen LogP contribution >= 0.6 is 11.6 Å². The van der Waals surface area contributed by atoms with Gasteiger partial charge in [-0.05, 0) is 92.2 Å². The Bertz CT molecular complexity index is 1370. The standard InChI is InChI=1S/C26H25ClFN7O2/c1-26(2,3)30-25(37)23(17-12-14-29-15-13-17)35(21-10-6-19(27)7-11-21)22(36)16-34-32-24(31-33-34)18-4-8-20(28)9-5-18/h4-15,23H,16H2,1-3H3,(H,30,37)/t23-/m1/s1. The number of aromatic nitrogens is 5. The maximum atomic E-state index is 13.8. The van der Waals surface area contributed by atoms with Crippen LogP contribution in [0, 0.1) is 5.82 Å². The molecule has 0 fully saturated rings. The first-order valence-electron chi connectivity index (χ1n) is 11.4. The predicted octanol–water partition coefficient (Wildman–Crippen LogP) is 4.22. The van der Waals surface area contributed by atoms with Gasteiger partial charge in [-0.3, -0.25) is 19.5 Å². The molecule has 4 aromatic rings. The Balaban J connectivity index is 1.72. The van der Waals surface area contributed by atoms with Gasteiger partial charge in [0.1, 0.15) is 18.4 Å². The van der Waals surface area contributed by atoms with Gasteiger partial charge in [0.2, 0.25) is 11.7 Å². The van der Waals surface area contributed by atoms with Gasteiger partial charge in [-0.2, -0.15) is 4.80 Å². The van der Waals surface area contributed by atoms with Gasteiger partial charge in [0.05, 0.1) is 0 Å². The van der Waals surface area contributed by atoms with E-state index in [1.807, 2.05) is 20.8 Å². The summed E-state index contributed by atoms with van der Waals surface area (Å²) in [5.41, 5.74) is 1.03. The van der Waals surface area contributed by atoms with Crippen molar-refractivity contribution in [1.29, 1.82) is 0 Å². The zero-order valence-corrected chi connectivity index (χ0v) is 21.2. The Morgan fingerprint density at radius 2 is 1.68 bits per heavy atom.